The van der Waals surface area contributed by atoms with Gasteiger partial charge in [-0.1, -0.05) is 0 Å². The number of nitrogens with zero attached hydrogens (tertiary/aromatic N) is 1. The van der Waals surface area contributed by atoms with Crippen LogP contribution in [0.4, 0.5) is 11.4 Å². The number of hydrogen-bond donors (Lipinski definition) is 2. The van der Waals surface area contributed by atoms with Crippen molar-refractivity contribution >= 4 is 11.4 Å². The average Bonchev–Trinajstić information content (AvgIpc) is 2.25. The lowest BCUT2D eigenvalue weighted by molar-refractivity contribution is -0.385. The van der Waals surface area contributed by atoms with Gasteiger partial charge in [0.2, 0.25) is 0 Å². The van der Waals surface area contributed by atoms with Gasteiger partial charge in [0.15, 0.2) is 5.75 Å². The third kappa shape index (κ3) is 2.81. The van der Waals surface area contributed by atoms with E-state index in [1.165, 1.54) is 13.2 Å². The van der Waals surface area contributed by atoms with Crippen molar-refractivity contribution in [2.75, 3.05) is 25.5 Å². The minimum absolute atomic E-state index is 0.0560. The normalized spacial score (nSPS) is 9.73. The van der Waals surface area contributed by atoms with E-state index in [4.69, 9.17) is 10.5 Å². The van der Waals surface area contributed by atoms with Crippen LogP contribution in [0.3, 0.4) is 0 Å². The molecule has 0 atom stereocenters. The molecule has 0 spiro atoms. The molecule has 1 rings (SSSR count). The van der Waals surface area contributed by atoms with E-state index in [9.17, 15) is 10.1 Å². The number of nitro groups is 1. The molecule has 0 amide bonds. The second-order valence-electron chi connectivity index (χ2n) is 2.86. The second kappa shape index (κ2) is 5.16. The van der Waals surface area contributed by atoms with E-state index in [1.54, 1.807) is 12.1 Å². The van der Waals surface area contributed by atoms with Gasteiger partial charge in [0.1, 0.15) is 0 Å². The molecule has 0 fully saturated rings. The van der Waals surface area contributed by atoms with Crippen molar-refractivity contribution in [3.05, 3.63) is 28.3 Å². The molecule has 0 saturated carbocycles. The lowest BCUT2D eigenvalue weighted by atomic mass is 10.2. The molecule has 6 nitrogen and oxygen atoms in total. The van der Waals surface area contributed by atoms with E-state index >= 15 is 0 Å². The fourth-order valence-electron chi connectivity index (χ4n) is 1.16. The average molecular weight is 211 g/mol. The Kier molecular flexibility index (Phi) is 3.87. The quantitative estimate of drug-likeness (QED) is 0.559. The maximum absolute atomic E-state index is 10.7. The predicted molar refractivity (Wildman–Crippen MR) is 57.2 cm³/mol. The van der Waals surface area contributed by atoms with Gasteiger partial charge < -0.3 is 15.8 Å². The van der Waals surface area contributed by atoms with Crippen LogP contribution < -0.4 is 15.8 Å². The summed E-state index contributed by atoms with van der Waals surface area (Å²) < 4.78 is 4.87. The molecule has 6 heteroatoms. The summed E-state index contributed by atoms with van der Waals surface area (Å²) in [6, 6.07) is 4.69. The third-order valence-corrected chi connectivity index (χ3v) is 1.85. The summed E-state index contributed by atoms with van der Waals surface area (Å²) in [7, 11) is 1.40. The first kappa shape index (κ1) is 11.3. The molecule has 0 aliphatic carbocycles. The van der Waals surface area contributed by atoms with Crippen molar-refractivity contribution in [2.24, 2.45) is 5.73 Å². The Hall–Kier alpha value is -1.82. The van der Waals surface area contributed by atoms with Crippen LogP contribution in [-0.2, 0) is 0 Å². The van der Waals surface area contributed by atoms with Crippen LogP contribution >= 0.6 is 0 Å². The van der Waals surface area contributed by atoms with Gasteiger partial charge in [-0.15, -0.1) is 0 Å². The maximum atomic E-state index is 10.7. The summed E-state index contributed by atoms with van der Waals surface area (Å²) in [5.41, 5.74) is 5.91. The molecule has 0 aromatic heterocycles. The largest absolute Gasteiger partial charge is 0.490 e. The highest BCUT2D eigenvalue weighted by atomic mass is 16.6. The van der Waals surface area contributed by atoms with Crippen LogP contribution in [0.15, 0.2) is 18.2 Å². The highest BCUT2D eigenvalue weighted by molar-refractivity contribution is 5.58. The molecule has 0 heterocycles. The summed E-state index contributed by atoms with van der Waals surface area (Å²) in [4.78, 5) is 10.2. The first-order valence-electron chi connectivity index (χ1n) is 4.45. The molecule has 0 unspecified atom stereocenters. The Labute approximate surface area is 87.2 Å². The van der Waals surface area contributed by atoms with Gasteiger partial charge in [0.25, 0.3) is 0 Å². The van der Waals surface area contributed by atoms with E-state index < -0.39 is 4.92 Å². The van der Waals surface area contributed by atoms with E-state index in [0.717, 1.165) is 0 Å². The zero-order chi connectivity index (χ0) is 11.3. The maximum Gasteiger partial charge on any atom is 0.312 e. The smallest absolute Gasteiger partial charge is 0.312 e. The van der Waals surface area contributed by atoms with Crippen LogP contribution in [-0.4, -0.2) is 25.1 Å². The molecule has 0 radical (unpaired) electrons. The van der Waals surface area contributed by atoms with Gasteiger partial charge in [-0.05, 0) is 12.1 Å². The van der Waals surface area contributed by atoms with E-state index in [2.05, 4.69) is 5.32 Å². The SMILES string of the molecule is COc1ccc(NCCN)cc1[N+](=O)[O-]. The number of rotatable bonds is 5. The van der Waals surface area contributed by atoms with Crippen LogP contribution in [0, 0.1) is 10.1 Å². The summed E-state index contributed by atoms with van der Waals surface area (Å²) >= 11 is 0. The number of ether oxygens (including phenoxy) is 1. The van der Waals surface area contributed by atoms with Crippen LogP contribution in [0.2, 0.25) is 0 Å². The van der Waals surface area contributed by atoms with Gasteiger partial charge >= 0.3 is 5.69 Å². The molecular formula is C9H13N3O3. The number of nitrogens with two attached hydrogens (primary N) is 1. The standard InChI is InChI=1S/C9H13N3O3/c1-15-9-3-2-7(11-5-4-10)6-8(9)12(13)14/h2-3,6,11H,4-5,10H2,1H3. The summed E-state index contributed by atoms with van der Waals surface area (Å²) in [6.45, 7) is 1.04. The predicted octanol–water partition coefficient (Wildman–Crippen LogP) is 0.974. The Morgan fingerprint density at radius 2 is 2.33 bits per heavy atom. The topological polar surface area (TPSA) is 90.4 Å². The summed E-state index contributed by atoms with van der Waals surface area (Å²) in [5.74, 6) is 0.248. The molecule has 0 bridgehead atoms. The van der Waals surface area contributed by atoms with Gasteiger partial charge in [-0.2, -0.15) is 0 Å². The van der Waals surface area contributed by atoms with Crippen LogP contribution in [0.5, 0.6) is 5.75 Å². The van der Waals surface area contributed by atoms with Gasteiger partial charge in [0, 0.05) is 24.8 Å². The molecule has 1 aromatic rings. The van der Waals surface area contributed by atoms with Crippen molar-refractivity contribution in [1.82, 2.24) is 0 Å². The molecule has 3 N–H and O–H groups in total. The lowest BCUT2D eigenvalue weighted by Crippen LogP contribution is -2.13. The molecule has 1 aromatic carbocycles. The number of nitrogens with one attached hydrogen (secondary N) is 1. The Morgan fingerprint density at radius 3 is 2.87 bits per heavy atom. The zero-order valence-corrected chi connectivity index (χ0v) is 8.40. The van der Waals surface area contributed by atoms with Gasteiger partial charge in [0.05, 0.1) is 12.0 Å². The molecule has 15 heavy (non-hydrogen) atoms. The third-order valence-electron chi connectivity index (χ3n) is 1.85. The first-order chi connectivity index (χ1) is 7.19. The lowest BCUT2D eigenvalue weighted by Gasteiger charge is -2.06. The zero-order valence-electron chi connectivity index (χ0n) is 8.40. The number of hydrogen-bond acceptors (Lipinski definition) is 5. The van der Waals surface area contributed by atoms with E-state index in [0.29, 0.717) is 18.8 Å². The van der Waals surface area contributed by atoms with E-state index in [1.807, 2.05) is 0 Å². The van der Waals surface area contributed by atoms with Crippen molar-refractivity contribution in [2.45, 2.75) is 0 Å². The molecule has 0 saturated heterocycles. The molecule has 82 valence electrons. The van der Waals surface area contributed by atoms with Crippen molar-refractivity contribution in [3.8, 4) is 5.75 Å². The Bertz CT molecular complexity index is 354. The summed E-state index contributed by atoms with van der Waals surface area (Å²) in [5, 5.41) is 13.6. The van der Waals surface area contributed by atoms with Crippen molar-refractivity contribution in [1.29, 1.82) is 0 Å². The van der Waals surface area contributed by atoms with Crippen LogP contribution in [0.1, 0.15) is 0 Å². The van der Waals surface area contributed by atoms with Crippen molar-refractivity contribution in [3.63, 3.8) is 0 Å². The van der Waals surface area contributed by atoms with Crippen molar-refractivity contribution < 1.29 is 9.66 Å². The van der Waals surface area contributed by atoms with E-state index in [-0.39, 0.29) is 11.4 Å². The highest BCUT2D eigenvalue weighted by Crippen LogP contribution is 2.29. The Balaban J connectivity index is 2.94. The molecular weight excluding hydrogens is 198 g/mol. The fourth-order valence-corrected chi connectivity index (χ4v) is 1.16. The number of methoxy groups -OCH3 is 1. The molecule has 0 aliphatic rings. The summed E-state index contributed by atoms with van der Waals surface area (Å²) in [6.07, 6.45) is 0. The van der Waals surface area contributed by atoms with Gasteiger partial charge in [-0.25, -0.2) is 0 Å². The second-order valence-corrected chi connectivity index (χ2v) is 2.86. The highest BCUT2D eigenvalue weighted by Gasteiger charge is 2.14. The van der Waals surface area contributed by atoms with Crippen LogP contribution in [0.25, 0.3) is 0 Å². The Morgan fingerprint density at radius 1 is 1.60 bits per heavy atom. The number of nitro benzene ring substituents is 1. The van der Waals surface area contributed by atoms with Gasteiger partial charge in [-0.3, -0.25) is 10.1 Å². The fraction of sp³-hybridized carbons (Fsp3) is 0.333. The molecule has 0 aliphatic heterocycles. The minimum Gasteiger partial charge on any atom is -0.490 e. The minimum atomic E-state index is -0.480. The number of benzene rings is 1. The first-order valence-corrected chi connectivity index (χ1v) is 4.45. The number of anilines is 1. The monoisotopic (exact) mass is 211 g/mol.